The van der Waals surface area contributed by atoms with Crippen LogP contribution < -0.4 is 5.32 Å². The minimum absolute atomic E-state index is 0.561. The van der Waals surface area contributed by atoms with Gasteiger partial charge < -0.3 is 9.88 Å². The highest BCUT2D eigenvalue weighted by Gasteiger charge is 2.35. The summed E-state index contributed by atoms with van der Waals surface area (Å²) >= 11 is 0. The first-order chi connectivity index (χ1) is 9.83. The molecule has 3 heterocycles. The molecule has 0 saturated carbocycles. The second kappa shape index (κ2) is 4.77. The van der Waals surface area contributed by atoms with E-state index in [2.05, 4.69) is 46.1 Å². The summed E-state index contributed by atoms with van der Waals surface area (Å²) in [7, 11) is 2.10. The highest BCUT2D eigenvalue weighted by Crippen LogP contribution is 2.29. The van der Waals surface area contributed by atoms with Gasteiger partial charge in [0.2, 0.25) is 5.95 Å². The molecule has 0 spiro atoms. The zero-order valence-corrected chi connectivity index (χ0v) is 12.0. The monoisotopic (exact) mass is 270 g/mol. The number of benzene rings is 1. The SMILES string of the molecule is Cn1c(NC2CCN3CCCCC23)nc2ccccc21. The van der Waals surface area contributed by atoms with Gasteiger partial charge in [0.05, 0.1) is 11.0 Å². The van der Waals surface area contributed by atoms with E-state index in [4.69, 9.17) is 4.98 Å². The molecule has 2 atom stereocenters. The largest absolute Gasteiger partial charge is 0.351 e. The van der Waals surface area contributed by atoms with E-state index < -0.39 is 0 Å². The Labute approximate surface area is 119 Å². The van der Waals surface area contributed by atoms with Gasteiger partial charge in [0.25, 0.3) is 0 Å². The van der Waals surface area contributed by atoms with Crippen LogP contribution in [0.4, 0.5) is 5.95 Å². The molecule has 4 heteroatoms. The number of hydrogen-bond donors (Lipinski definition) is 1. The molecular weight excluding hydrogens is 248 g/mol. The van der Waals surface area contributed by atoms with Gasteiger partial charge in [-0.1, -0.05) is 18.6 Å². The van der Waals surface area contributed by atoms with E-state index in [1.54, 1.807) is 0 Å². The number of imidazole rings is 1. The molecule has 0 amide bonds. The Kier molecular flexibility index (Phi) is 2.91. The molecule has 106 valence electrons. The Bertz CT molecular complexity index is 618. The maximum Gasteiger partial charge on any atom is 0.203 e. The zero-order chi connectivity index (χ0) is 13.5. The van der Waals surface area contributed by atoms with Gasteiger partial charge in [0, 0.05) is 25.7 Å². The summed E-state index contributed by atoms with van der Waals surface area (Å²) in [4.78, 5) is 7.40. The van der Waals surface area contributed by atoms with Gasteiger partial charge in [-0.05, 0) is 37.9 Å². The van der Waals surface area contributed by atoms with E-state index in [0.29, 0.717) is 12.1 Å². The molecule has 4 nitrogen and oxygen atoms in total. The Morgan fingerprint density at radius 1 is 1.15 bits per heavy atom. The van der Waals surface area contributed by atoms with Crippen LogP contribution in [0.3, 0.4) is 0 Å². The van der Waals surface area contributed by atoms with Crippen molar-refractivity contribution in [1.29, 1.82) is 0 Å². The maximum absolute atomic E-state index is 4.75. The lowest BCUT2D eigenvalue weighted by Gasteiger charge is -2.32. The molecule has 1 aromatic carbocycles. The number of nitrogens with one attached hydrogen (secondary N) is 1. The molecule has 2 aliphatic heterocycles. The van der Waals surface area contributed by atoms with Crippen molar-refractivity contribution in [2.24, 2.45) is 7.05 Å². The van der Waals surface area contributed by atoms with Crippen molar-refractivity contribution in [1.82, 2.24) is 14.5 Å². The number of anilines is 1. The van der Waals surface area contributed by atoms with Crippen molar-refractivity contribution in [2.75, 3.05) is 18.4 Å². The summed E-state index contributed by atoms with van der Waals surface area (Å²) in [5.41, 5.74) is 2.28. The van der Waals surface area contributed by atoms with Gasteiger partial charge in [-0.25, -0.2) is 4.98 Å². The number of piperidine rings is 1. The van der Waals surface area contributed by atoms with E-state index >= 15 is 0 Å². The molecular formula is C16H22N4. The number of nitrogens with zero attached hydrogens (tertiary/aromatic N) is 3. The first-order valence-electron chi connectivity index (χ1n) is 7.75. The van der Waals surface area contributed by atoms with E-state index in [-0.39, 0.29) is 0 Å². The minimum atomic E-state index is 0.561. The Morgan fingerprint density at radius 2 is 2.05 bits per heavy atom. The summed E-state index contributed by atoms with van der Waals surface area (Å²) in [6, 6.07) is 9.62. The van der Waals surface area contributed by atoms with Crippen molar-refractivity contribution < 1.29 is 0 Å². The summed E-state index contributed by atoms with van der Waals surface area (Å²) in [5.74, 6) is 1.02. The highest BCUT2D eigenvalue weighted by atomic mass is 15.3. The van der Waals surface area contributed by atoms with Crippen molar-refractivity contribution in [3.05, 3.63) is 24.3 Å². The number of para-hydroxylation sites is 2. The fourth-order valence-electron chi connectivity index (χ4n) is 3.86. The standard InChI is InChI=1S/C16H22N4/c1-19-14-7-3-2-6-12(14)17-16(19)18-13-9-11-20-10-5-4-8-15(13)20/h2-3,6-7,13,15H,4-5,8-11H2,1H3,(H,17,18). The molecule has 1 N–H and O–H groups in total. The molecule has 2 unspecified atom stereocenters. The predicted molar refractivity (Wildman–Crippen MR) is 82.0 cm³/mol. The van der Waals surface area contributed by atoms with Gasteiger partial charge in [-0.3, -0.25) is 4.90 Å². The third-order valence-corrected chi connectivity index (χ3v) is 4.96. The van der Waals surface area contributed by atoms with Gasteiger partial charge >= 0.3 is 0 Å². The first kappa shape index (κ1) is 12.2. The molecule has 0 radical (unpaired) electrons. The van der Waals surface area contributed by atoms with Crippen LogP contribution in [0.5, 0.6) is 0 Å². The quantitative estimate of drug-likeness (QED) is 0.910. The molecule has 4 rings (SSSR count). The minimum Gasteiger partial charge on any atom is -0.351 e. The van der Waals surface area contributed by atoms with Crippen LogP contribution in [0.2, 0.25) is 0 Å². The third kappa shape index (κ3) is 1.90. The Balaban J connectivity index is 1.60. The Hall–Kier alpha value is -1.55. The summed E-state index contributed by atoms with van der Waals surface area (Å²) in [6.07, 6.45) is 5.33. The van der Waals surface area contributed by atoms with Crippen LogP contribution in [0.25, 0.3) is 11.0 Å². The number of fused-ring (bicyclic) bond motifs is 2. The molecule has 2 aromatic rings. The lowest BCUT2D eigenvalue weighted by molar-refractivity contribution is 0.192. The molecule has 2 fully saturated rings. The Morgan fingerprint density at radius 3 is 2.95 bits per heavy atom. The van der Waals surface area contributed by atoms with Crippen molar-refractivity contribution >= 4 is 17.0 Å². The summed E-state index contributed by atoms with van der Waals surface area (Å²) < 4.78 is 2.18. The van der Waals surface area contributed by atoms with Crippen LogP contribution in [0.15, 0.2) is 24.3 Å². The lowest BCUT2D eigenvalue weighted by atomic mass is 9.99. The summed E-state index contributed by atoms with van der Waals surface area (Å²) in [5, 5.41) is 3.71. The molecule has 20 heavy (non-hydrogen) atoms. The predicted octanol–water partition coefficient (Wildman–Crippen LogP) is 2.61. The van der Waals surface area contributed by atoms with Crippen LogP contribution in [0.1, 0.15) is 25.7 Å². The number of aryl methyl sites for hydroxylation is 1. The molecule has 2 aliphatic rings. The van der Waals surface area contributed by atoms with Gasteiger partial charge in [0.1, 0.15) is 0 Å². The average Bonchev–Trinajstić information content (AvgIpc) is 3.03. The highest BCUT2D eigenvalue weighted by molar-refractivity contribution is 5.78. The fourth-order valence-corrected chi connectivity index (χ4v) is 3.86. The van der Waals surface area contributed by atoms with Gasteiger partial charge in [-0.15, -0.1) is 0 Å². The normalized spacial score (nSPS) is 26.9. The van der Waals surface area contributed by atoms with E-state index in [0.717, 1.165) is 11.5 Å². The third-order valence-electron chi connectivity index (χ3n) is 4.96. The summed E-state index contributed by atoms with van der Waals surface area (Å²) in [6.45, 7) is 2.53. The zero-order valence-electron chi connectivity index (χ0n) is 12.0. The maximum atomic E-state index is 4.75. The first-order valence-corrected chi connectivity index (χ1v) is 7.75. The number of hydrogen-bond acceptors (Lipinski definition) is 3. The molecule has 0 aliphatic carbocycles. The van der Waals surface area contributed by atoms with Gasteiger partial charge in [0.15, 0.2) is 0 Å². The average molecular weight is 270 g/mol. The number of aromatic nitrogens is 2. The topological polar surface area (TPSA) is 33.1 Å². The lowest BCUT2D eigenvalue weighted by Crippen LogP contribution is -2.42. The van der Waals surface area contributed by atoms with Crippen molar-refractivity contribution in [2.45, 2.75) is 37.8 Å². The van der Waals surface area contributed by atoms with Crippen LogP contribution >= 0.6 is 0 Å². The van der Waals surface area contributed by atoms with Crippen molar-refractivity contribution in [3.8, 4) is 0 Å². The number of rotatable bonds is 2. The molecule has 1 aromatic heterocycles. The second-order valence-corrected chi connectivity index (χ2v) is 6.12. The van der Waals surface area contributed by atoms with Crippen LogP contribution in [-0.4, -0.2) is 39.6 Å². The van der Waals surface area contributed by atoms with Crippen molar-refractivity contribution in [3.63, 3.8) is 0 Å². The molecule has 0 bridgehead atoms. The van der Waals surface area contributed by atoms with Crippen LogP contribution in [0, 0.1) is 0 Å². The smallest absolute Gasteiger partial charge is 0.203 e. The molecule has 2 saturated heterocycles. The van der Waals surface area contributed by atoms with E-state index in [1.165, 1.54) is 44.3 Å². The van der Waals surface area contributed by atoms with Crippen LogP contribution in [-0.2, 0) is 7.05 Å². The van der Waals surface area contributed by atoms with E-state index in [1.807, 2.05) is 0 Å². The van der Waals surface area contributed by atoms with E-state index in [9.17, 15) is 0 Å². The van der Waals surface area contributed by atoms with Gasteiger partial charge in [-0.2, -0.15) is 0 Å². The second-order valence-electron chi connectivity index (χ2n) is 6.12. The fraction of sp³-hybridized carbons (Fsp3) is 0.562.